The van der Waals surface area contributed by atoms with Crippen molar-refractivity contribution < 1.29 is 4.79 Å². The van der Waals surface area contributed by atoms with Crippen LogP contribution in [0.25, 0.3) is 10.9 Å². The predicted molar refractivity (Wildman–Crippen MR) is 148 cm³/mol. The van der Waals surface area contributed by atoms with Gasteiger partial charge in [-0.3, -0.25) is 15.2 Å². The molecule has 1 fully saturated rings. The number of nitrogens with one attached hydrogen (secondary N) is 4. The molecule has 1 amide bonds. The standard InChI is InChI=1S/C27H29N7OS/c1-33-12-14-34(15-13-33)27(28)32-21-6-4-5-20(17-21)31-26(35)25-24(10-16-36-25)30-18-19-9-11-29-23-8-3-2-7-22(19)23/h2-11,16-17,30H,12-15,18H2,1H3,(H2,28,32)(H,31,35). The van der Waals surface area contributed by atoms with Crippen molar-refractivity contribution in [3.63, 3.8) is 0 Å². The Morgan fingerprint density at radius 1 is 1.00 bits per heavy atom. The van der Waals surface area contributed by atoms with Gasteiger partial charge in [0.1, 0.15) is 4.88 Å². The third kappa shape index (κ3) is 5.48. The van der Waals surface area contributed by atoms with Gasteiger partial charge in [0.2, 0.25) is 0 Å². The fourth-order valence-electron chi connectivity index (χ4n) is 4.23. The van der Waals surface area contributed by atoms with Gasteiger partial charge in [0.05, 0.1) is 11.2 Å². The second-order valence-electron chi connectivity index (χ2n) is 8.80. The van der Waals surface area contributed by atoms with Crippen molar-refractivity contribution in [1.82, 2.24) is 14.8 Å². The predicted octanol–water partition coefficient (Wildman–Crippen LogP) is 4.75. The van der Waals surface area contributed by atoms with Crippen LogP contribution in [0.15, 0.2) is 72.2 Å². The highest BCUT2D eigenvalue weighted by atomic mass is 32.1. The molecule has 1 aliphatic heterocycles. The first-order valence-corrected chi connectivity index (χ1v) is 12.8. The summed E-state index contributed by atoms with van der Waals surface area (Å²) in [5, 5.41) is 21.0. The van der Waals surface area contributed by atoms with E-state index in [0.717, 1.165) is 54.0 Å². The maximum Gasteiger partial charge on any atom is 0.267 e. The van der Waals surface area contributed by atoms with Crippen LogP contribution in [0.4, 0.5) is 17.1 Å². The van der Waals surface area contributed by atoms with Crippen LogP contribution in [0.5, 0.6) is 0 Å². The van der Waals surface area contributed by atoms with Gasteiger partial charge in [0.25, 0.3) is 5.91 Å². The highest BCUT2D eigenvalue weighted by molar-refractivity contribution is 7.12. The molecule has 36 heavy (non-hydrogen) atoms. The number of pyridine rings is 1. The number of carbonyl (C=O) groups excluding carboxylic acids is 1. The Kier molecular flexibility index (Phi) is 7.11. The minimum absolute atomic E-state index is 0.168. The van der Waals surface area contributed by atoms with Crippen LogP contribution in [-0.4, -0.2) is 59.9 Å². The van der Waals surface area contributed by atoms with Crippen molar-refractivity contribution in [2.45, 2.75) is 6.54 Å². The van der Waals surface area contributed by atoms with E-state index in [1.165, 1.54) is 11.3 Å². The number of piperazine rings is 1. The minimum atomic E-state index is -0.168. The Hall–Kier alpha value is -3.95. The largest absolute Gasteiger partial charge is 0.380 e. The SMILES string of the molecule is CN1CCN(C(=N)Nc2cccc(NC(=O)c3sccc3NCc3ccnc4ccccc34)c2)CC1. The normalized spacial score (nSPS) is 14.0. The third-order valence-corrected chi connectivity index (χ3v) is 7.20. The lowest BCUT2D eigenvalue weighted by molar-refractivity contribution is 0.103. The van der Waals surface area contributed by atoms with Crippen molar-refractivity contribution in [1.29, 1.82) is 5.41 Å². The molecule has 5 rings (SSSR count). The lowest BCUT2D eigenvalue weighted by Crippen LogP contribution is -2.48. The van der Waals surface area contributed by atoms with Crippen molar-refractivity contribution in [2.75, 3.05) is 49.2 Å². The number of rotatable bonds is 6. The summed E-state index contributed by atoms with van der Waals surface area (Å²) in [5.74, 6) is 0.207. The van der Waals surface area contributed by atoms with Gasteiger partial charge in [0, 0.05) is 55.7 Å². The van der Waals surface area contributed by atoms with Crippen molar-refractivity contribution >= 4 is 51.2 Å². The van der Waals surface area contributed by atoms with E-state index in [9.17, 15) is 4.79 Å². The molecule has 0 radical (unpaired) electrons. The maximum atomic E-state index is 13.1. The molecular weight excluding hydrogens is 470 g/mol. The summed E-state index contributed by atoms with van der Waals surface area (Å²) >= 11 is 1.40. The van der Waals surface area contributed by atoms with E-state index in [1.807, 2.05) is 71.1 Å². The number of para-hydroxylation sites is 1. The van der Waals surface area contributed by atoms with Crippen LogP contribution in [0.3, 0.4) is 0 Å². The van der Waals surface area contributed by atoms with Crippen LogP contribution in [0.1, 0.15) is 15.2 Å². The Labute approximate surface area is 214 Å². The van der Waals surface area contributed by atoms with Gasteiger partial charge >= 0.3 is 0 Å². The van der Waals surface area contributed by atoms with Gasteiger partial charge in [-0.2, -0.15) is 0 Å². The number of benzene rings is 2. The third-order valence-electron chi connectivity index (χ3n) is 6.28. The fourth-order valence-corrected chi connectivity index (χ4v) is 5.00. The zero-order chi connectivity index (χ0) is 24.9. The molecule has 0 spiro atoms. The number of guanidine groups is 1. The highest BCUT2D eigenvalue weighted by Crippen LogP contribution is 2.26. The summed E-state index contributed by atoms with van der Waals surface area (Å²) in [6, 6.07) is 19.5. The lowest BCUT2D eigenvalue weighted by Gasteiger charge is -2.34. The average molecular weight is 500 g/mol. The number of anilines is 3. The van der Waals surface area contributed by atoms with Gasteiger partial charge in [-0.25, -0.2) is 0 Å². The Balaban J connectivity index is 1.22. The molecule has 0 bridgehead atoms. The molecule has 2 aromatic carbocycles. The van der Waals surface area contributed by atoms with Crippen LogP contribution >= 0.6 is 11.3 Å². The first-order chi connectivity index (χ1) is 17.6. The zero-order valence-electron chi connectivity index (χ0n) is 20.1. The number of thiophene rings is 1. The van der Waals surface area contributed by atoms with E-state index in [2.05, 4.69) is 38.9 Å². The summed E-state index contributed by atoms with van der Waals surface area (Å²) in [7, 11) is 2.09. The van der Waals surface area contributed by atoms with Crippen molar-refractivity contribution in [3.05, 3.63) is 82.7 Å². The molecule has 1 saturated heterocycles. The quantitative estimate of drug-likeness (QED) is 0.226. The van der Waals surface area contributed by atoms with Crippen molar-refractivity contribution in [2.24, 2.45) is 0 Å². The molecule has 4 N–H and O–H groups in total. The molecule has 3 heterocycles. The number of fused-ring (bicyclic) bond motifs is 1. The first-order valence-electron chi connectivity index (χ1n) is 11.9. The van der Waals surface area contributed by atoms with Gasteiger partial charge < -0.3 is 25.8 Å². The molecular formula is C27H29N7OS. The topological polar surface area (TPSA) is 96.4 Å². The van der Waals surface area contributed by atoms with Gasteiger partial charge in [-0.05, 0) is 54.4 Å². The van der Waals surface area contributed by atoms with Crippen molar-refractivity contribution in [3.8, 4) is 0 Å². The number of hydrogen-bond acceptors (Lipinski definition) is 6. The number of hydrogen-bond donors (Lipinski definition) is 4. The van der Waals surface area contributed by atoms with Crippen LogP contribution in [-0.2, 0) is 6.54 Å². The highest BCUT2D eigenvalue weighted by Gasteiger charge is 2.17. The summed E-state index contributed by atoms with van der Waals surface area (Å²) in [4.78, 5) is 22.4. The van der Waals surface area contributed by atoms with Crippen LogP contribution < -0.4 is 16.0 Å². The minimum Gasteiger partial charge on any atom is -0.380 e. The molecule has 2 aromatic heterocycles. The molecule has 9 heteroatoms. The van der Waals surface area contributed by atoms with Gasteiger partial charge in [0.15, 0.2) is 5.96 Å². The Morgan fingerprint density at radius 3 is 2.61 bits per heavy atom. The van der Waals surface area contributed by atoms with Crippen LogP contribution in [0.2, 0.25) is 0 Å². The molecule has 0 unspecified atom stereocenters. The van der Waals surface area contributed by atoms with E-state index in [-0.39, 0.29) is 5.91 Å². The number of nitrogens with zero attached hydrogens (tertiary/aromatic N) is 3. The smallest absolute Gasteiger partial charge is 0.267 e. The molecule has 8 nitrogen and oxygen atoms in total. The second kappa shape index (κ2) is 10.8. The average Bonchev–Trinajstić information content (AvgIpc) is 3.37. The lowest BCUT2D eigenvalue weighted by atomic mass is 10.1. The number of amides is 1. The second-order valence-corrected chi connectivity index (χ2v) is 9.72. The summed E-state index contributed by atoms with van der Waals surface area (Å²) in [6.45, 7) is 4.11. The Morgan fingerprint density at radius 2 is 1.78 bits per heavy atom. The van der Waals surface area contributed by atoms with Crippen LogP contribution in [0, 0.1) is 5.41 Å². The summed E-state index contributed by atoms with van der Waals surface area (Å²) in [5.41, 5.74) is 4.32. The zero-order valence-corrected chi connectivity index (χ0v) is 20.9. The number of likely N-dealkylation sites (N-methyl/N-ethyl adjacent to an activating group) is 1. The number of aromatic nitrogens is 1. The fraction of sp³-hybridized carbons (Fsp3) is 0.222. The molecule has 184 valence electrons. The summed E-state index contributed by atoms with van der Waals surface area (Å²) < 4.78 is 0. The van der Waals surface area contributed by atoms with Gasteiger partial charge in [-0.15, -0.1) is 11.3 Å². The molecule has 0 atom stereocenters. The van der Waals surface area contributed by atoms with E-state index in [4.69, 9.17) is 5.41 Å². The molecule has 0 aliphatic carbocycles. The first kappa shape index (κ1) is 23.8. The monoisotopic (exact) mass is 499 g/mol. The van der Waals surface area contributed by atoms with E-state index in [0.29, 0.717) is 23.1 Å². The summed E-state index contributed by atoms with van der Waals surface area (Å²) in [6.07, 6.45) is 1.81. The number of carbonyl (C=O) groups is 1. The molecule has 1 aliphatic rings. The van der Waals surface area contributed by atoms with Gasteiger partial charge in [-0.1, -0.05) is 24.3 Å². The Bertz CT molecular complexity index is 1370. The van der Waals surface area contributed by atoms with E-state index < -0.39 is 0 Å². The van der Waals surface area contributed by atoms with E-state index in [1.54, 1.807) is 0 Å². The maximum absolute atomic E-state index is 13.1. The molecule has 4 aromatic rings. The van der Waals surface area contributed by atoms with E-state index >= 15 is 0 Å². The molecule has 0 saturated carbocycles.